The molecule has 0 N–H and O–H groups in total. The summed E-state index contributed by atoms with van der Waals surface area (Å²) in [7, 11) is 8.09. The first-order valence-electron chi connectivity index (χ1n) is 5.81. The third-order valence-corrected chi connectivity index (χ3v) is 2.69. The first kappa shape index (κ1) is 17.3. The molecule has 0 saturated carbocycles. The van der Waals surface area contributed by atoms with Crippen LogP contribution in [0.5, 0.6) is 0 Å². The van der Waals surface area contributed by atoms with Crippen molar-refractivity contribution in [2.75, 3.05) is 47.9 Å². The summed E-state index contributed by atoms with van der Waals surface area (Å²) in [6.45, 7) is 11.3. The van der Waals surface area contributed by atoms with Crippen molar-refractivity contribution in [2.24, 2.45) is 0 Å². The molecule has 0 aliphatic carbocycles. The lowest BCUT2D eigenvalue weighted by Crippen LogP contribution is -2.52. The van der Waals surface area contributed by atoms with Gasteiger partial charge >= 0.3 is 0 Å². The Balaban J connectivity index is 0. The maximum absolute atomic E-state index is 5.25. The van der Waals surface area contributed by atoms with Crippen molar-refractivity contribution in [3.8, 4) is 0 Å². The zero-order valence-electron chi connectivity index (χ0n) is 11.9. The molecule has 0 amide bonds. The summed E-state index contributed by atoms with van der Waals surface area (Å²) in [4.78, 5) is 4.53. The van der Waals surface area contributed by atoms with Crippen LogP contribution in [0.15, 0.2) is 0 Å². The van der Waals surface area contributed by atoms with Crippen LogP contribution in [0.4, 0.5) is 0 Å². The molecule has 0 saturated heterocycles. The predicted molar refractivity (Wildman–Crippen MR) is 68.5 cm³/mol. The van der Waals surface area contributed by atoms with Gasteiger partial charge in [-0.25, -0.2) is 0 Å². The molecule has 0 aromatic heterocycles. The second kappa shape index (κ2) is 9.13. The van der Waals surface area contributed by atoms with E-state index < -0.39 is 0 Å². The van der Waals surface area contributed by atoms with E-state index in [1.54, 1.807) is 7.11 Å². The largest absolute Gasteiger partial charge is 0.383 e. The van der Waals surface area contributed by atoms with Gasteiger partial charge in [0.25, 0.3) is 0 Å². The van der Waals surface area contributed by atoms with Gasteiger partial charge in [0.1, 0.15) is 0 Å². The molecule has 1 atom stereocenters. The zero-order chi connectivity index (χ0) is 12.5. The number of hydrogen-bond donors (Lipinski definition) is 0. The molecule has 3 nitrogen and oxygen atoms in total. The highest BCUT2D eigenvalue weighted by Gasteiger charge is 2.27. The molecular weight excluding hydrogens is 188 g/mol. The topological polar surface area (TPSA) is 15.7 Å². The minimum atomic E-state index is 0.111. The fraction of sp³-hybridized carbons (Fsp3) is 1.00. The molecule has 0 bridgehead atoms. The van der Waals surface area contributed by atoms with Crippen molar-refractivity contribution in [3.63, 3.8) is 0 Å². The van der Waals surface area contributed by atoms with E-state index in [1.807, 2.05) is 13.8 Å². The van der Waals surface area contributed by atoms with Crippen molar-refractivity contribution in [1.82, 2.24) is 9.80 Å². The van der Waals surface area contributed by atoms with Crippen molar-refractivity contribution in [1.29, 1.82) is 0 Å². The van der Waals surface area contributed by atoms with Gasteiger partial charge in [0.2, 0.25) is 0 Å². The Morgan fingerprint density at radius 2 is 1.60 bits per heavy atom. The third kappa shape index (κ3) is 6.88. The summed E-state index contributed by atoms with van der Waals surface area (Å²) in [6.07, 6.45) is 0. The van der Waals surface area contributed by atoms with Crippen LogP contribution in [0.1, 0.15) is 27.7 Å². The smallest absolute Gasteiger partial charge is 0.0656 e. The van der Waals surface area contributed by atoms with Gasteiger partial charge in [0.05, 0.1) is 12.1 Å². The zero-order valence-corrected chi connectivity index (χ0v) is 11.9. The molecule has 0 aliphatic heterocycles. The first-order valence-corrected chi connectivity index (χ1v) is 5.81. The van der Waals surface area contributed by atoms with Gasteiger partial charge in [0.15, 0.2) is 0 Å². The molecule has 0 aliphatic rings. The third-order valence-electron chi connectivity index (χ3n) is 2.69. The quantitative estimate of drug-likeness (QED) is 0.677. The van der Waals surface area contributed by atoms with Crippen LogP contribution in [0.3, 0.4) is 0 Å². The number of rotatable bonds is 6. The lowest BCUT2D eigenvalue weighted by molar-refractivity contribution is 0.0313. The Labute approximate surface area is 96.4 Å². The lowest BCUT2D eigenvalue weighted by Gasteiger charge is -2.38. The van der Waals surface area contributed by atoms with Crippen molar-refractivity contribution >= 4 is 0 Å². The summed E-state index contributed by atoms with van der Waals surface area (Å²) in [5.74, 6) is 0. The Morgan fingerprint density at radius 3 is 1.87 bits per heavy atom. The van der Waals surface area contributed by atoms with E-state index in [-0.39, 0.29) is 5.54 Å². The van der Waals surface area contributed by atoms with E-state index in [2.05, 4.69) is 44.8 Å². The van der Waals surface area contributed by atoms with Crippen LogP contribution in [0.25, 0.3) is 0 Å². The highest BCUT2D eigenvalue weighted by molar-refractivity contribution is 4.85. The van der Waals surface area contributed by atoms with Gasteiger partial charge in [-0.05, 0) is 34.6 Å². The van der Waals surface area contributed by atoms with E-state index in [4.69, 9.17) is 4.74 Å². The highest BCUT2D eigenvalue weighted by Crippen LogP contribution is 2.12. The van der Waals surface area contributed by atoms with Crippen LogP contribution in [-0.2, 0) is 4.74 Å². The van der Waals surface area contributed by atoms with Gasteiger partial charge in [-0.2, -0.15) is 0 Å². The standard InChI is InChI=1S/C10H24N2O.C2H6/c1-7-12(5)8-10(2,9-13-6)11(3)4;1-2/h7-9H2,1-6H3;1-2H3. The van der Waals surface area contributed by atoms with Crippen LogP contribution in [-0.4, -0.2) is 63.3 Å². The second-order valence-corrected chi connectivity index (χ2v) is 4.15. The molecule has 15 heavy (non-hydrogen) atoms. The molecule has 0 radical (unpaired) electrons. The van der Waals surface area contributed by atoms with Gasteiger partial charge in [-0.15, -0.1) is 0 Å². The Morgan fingerprint density at radius 1 is 1.13 bits per heavy atom. The van der Waals surface area contributed by atoms with E-state index in [1.165, 1.54) is 0 Å². The minimum absolute atomic E-state index is 0.111. The molecule has 0 heterocycles. The highest BCUT2D eigenvalue weighted by atomic mass is 16.5. The van der Waals surface area contributed by atoms with Gasteiger partial charge < -0.3 is 14.5 Å². The maximum atomic E-state index is 5.25. The van der Waals surface area contributed by atoms with Crippen LogP contribution < -0.4 is 0 Å². The number of hydrogen-bond acceptors (Lipinski definition) is 3. The molecule has 0 fully saturated rings. The van der Waals surface area contributed by atoms with Crippen LogP contribution in [0.2, 0.25) is 0 Å². The fourth-order valence-corrected chi connectivity index (χ4v) is 1.32. The van der Waals surface area contributed by atoms with Crippen molar-refractivity contribution in [2.45, 2.75) is 33.2 Å². The lowest BCUT2D eigenvalue weighted by atomic mass is 10.0. The first-order chi connectivity index (χ1) is 6.96. The summed E-state index contributed by atoms with van der Waals surface area (Å²) < 4.78 is 5.25. The van der Waals surface area contributed by atoms with Gasteiger partial charge in [0, 0.05) is 13.7 Å². The van der Waals surface area contributed by atoms with Gasteiger partial charge in [-0.1, -0.05) is 20.8 Å². The Hall–Kier alpha value is -0.120. The molecule has 0 rings (SSSR count). The van der Waals surface area contributed by atoms with Gasteiger partial charge in [-0.3, -0.25) is 0 Å². The molecule has 0 aromatic rings. The van der Waals surface area contributed by atoms with E-state index in [9.17, 15) is 0 Å². The van der Waals surface area contributed by atoms with Crippen LogP contribution >= 0.6 is 0 Å². The molecular formula is C12H30N2O. The second-order valence-electron chi connectivity index (χ2n) is 4.15. The summed E-state index contributed by atoms with van der Waals surface area (Å²) in [5, 5.41) is 0. The Kier molecular flexibility index (Phi) is 10.5. The van der Waals surface area contributed by atoms with Crippen molar-refractivity contribution in [3.05, 3.63) is 0 Å². The molecule has 1 unspecified atom stereocenters. The summed E-state index contributed by atoms with van der Waals surface area (Å²) in [5.41, 5.74) is 0.111. The van der Waals surface area contributed by atoms with E-state index in [0.717, 1.165) is 19.7 Å². The number of ether oxygens (including phenoxy) is 1. The maximum Gasteiger partial charge on any atom is 0.0656 e. The number of nitrogens with zero attached hydrogens (tertiary/aromatic N) is 2. The number of methoxy groups -OCH3 is 1. The molecule has 3 heteroatoms. The van der Waals surface area contributed by atoms with E-state index in [0.29, 0.717) is 0 Å². The van der Waals surface area contributed by atoms with Crippen molar-refractivity contribution < 1.29 is 4.74 Å². The predicted octanol–water partition coefficient (Wildman–Crippen LogP) is 1.93. The summed E-state index contributed by atoms with van der Waals surface area (Å²) in [6, 6.07) is 0. The number of likely N-dealkylation sites (N-methyl/N-ethyl adjacent to an activating group) is 2. The average molecular weight is 218 g/mol. The average Bonchev–Trinajstić information content (AvgIpc) is 2.20. The normalized spacial score (nSPS) is 14.8. The molecule has 0 spiro atoms. The summed E-state index contributed by atoms with van der Waals surface area (Å²) >= 11 is 0. The molecule has 94 valence electrons. The SMILES string of the molecule is CC.CCN(C)CC(C)(COC)N(C)C. The van der Waals surface area contributed by atoms with E-state index >= 15 is 0 Å². The fourth-order valence-electron chi connectivity index (χ4n) is 1.32. The minimum Gasteiger partial charge on any atom is -0.383 e. The van der Waals surface area contributed by atoms with Crippen LogP contribution in [0, 0.1) is 0 Å². The molecule has 0 aromatic carbocycles. The Bertz CT molecular complexity index is 140. The monoisotopic (exact) mass is 218 g/mol.